The lowest BCUT2D eigenvalue weighted by Gasteiger charge is -2.34. The van der Waals surface area contributed by atoms with Crippen LogP contribution in [0.1, 0.15) is 13.8 Å². The van der Waals surface area contributed by atoms with E-state index in [4.69, 9.17) is 15.3 Å². The lowest BCUT2D eigenvalue weighted by molar-refractivity contribution is -0.140. The van der Waals surface area contributed by atoms with E-state index in [0.29, 0.717) is 0 Å². The summed E-state index contributed by atoms with van der Waals surface area (Å²) in [5.41, 5.74) is -0.803. The van der Waals surface area contributed by atoms with Gasteiger partial charge in [0.2, 0.25) is 0 Å². The fourth-order valence-corrected chi connectivity index (χ4v) is 0.812. The second-order valence-corrected chi connectivity index (χ2v) is 4.05. The summed E-state index contributed by atoms with van der Waals surface area (Å²) in [5, 5.41) is 28.5. The van der Waals surface area contributed by atoms with Crippen molar-refractivity contribution in [2.45, 2.75) is 25.4 Å². The molecule has 0 fully saturated rings. The van der Waals surface area contributed by atoms with Gasteiger partial charge in [0.15, 0.2) is 6.04 Å². The first-order chi connectivity index (χ1) is 7.26. The number of aliphatic carboxylic acids is 1. The zero-order chi connectivity index (χ0) is 12.9. The number of rotatable bonds is 5. The van der Waals surface area contributed by atoms with Gasteiger partial charge in [0.25, 0.3) is 0 Å². The Morgan fingerprint density at radius 1 is 1.38 bits per heavy atom. The number of urea groups is 1. The van der Waals surface area contributed by atoms with Gasteiger partial charge in [-0.25, -0.2) is 9.59 Å². The smallest absolute Gasteiger partial charge is 0.328 e. The molecule has 2 amide bonds. The quantitative estimate of drug-likeness (QED) is 0.480. The third-order valence-electron chi connectivity index (χ3n) is 2.38. The van der Waals surface area contributed by atoms with Crippen LogP contribution in [0.3, 0.4) is 0 Å². The molecule has 0 saturated carbocycles. The Morgan fingerprint density at radius 3 is 2.19 bits per heavy atom. The molecule has 0 spiro atoms. The van der Waals surface area contributed by atoms with Crippen LogP contribution in [0.4, 0.5) is 4.79 Å². The predicted molar refractivity (Wildman–Crippen MR) is 56.0 cm³/mol. The maximum Gasteiger partial charge on any atom is 0.328 e. The molecule has 94 valence electrons. The number of likely N-dealkylation sites (N-methyl/N-ethyl adjacent to an activating group) is 1. The lowest BCUT2D eigenvalue weighted by Crippen LogP contribution is -2.55. The lowest BCUT2D eigenvalue weighted by atomic mass is 10.1. The van der Waals surface area contributed by atoms with Gasteiger partial charge in [0.1, 0.15) is 0 Å². The molecule has 0 radical (unpaired) electrons. The van der Waals surface area contributed by atoms with Crippen molar-refractivity contribution < 1.29 is 24.9 Å². The third-order valence-corrected chi connectivity index (χ3v) is 2.38. The molecule has 0 saturated heterocycles. The van der Waals surface area contributed by atoms with Crippen LogP contribution in [-0.4, -0.2) is 64.1 Å². The first-order valence-electron chi connectivity index (χ1n) is 4.75. The topological polar surface area (TPSA) is 110 Å². The predicted octanol–water partition coefficient (Wildman–Crippen LogP) is -1.16. The first kappa shape index (κ1) is 14.7. The zero-order valence-corrected chi connectivity index (χ0v) is 9.60. The highest BCUT2D eigenvalue weighted by atomic mass is 16.4. The Hall–Kier alpha value is -1.34. The molecule has 0 aromatic rings. The van der Waals surface area contributed by atoms with Crippen LogP contribution in [0, 0.1) is 0 Å². The number of nitrogens with zero attached hydrogens (tertiary/aromatic N) is 1. The molecule has 0 rings (SSSR count). The summed E-state index contributed by atoms with van der Waals surface area (Å²) in [6, 6.07) is -2.01. The van der Waals surface area contributed by atoms with Gasteiger partial charge in [0.05, 0.1) is 18.8 Å². The summed E-state index contributed by atoms with van der Waals surface area (Å²) in [4.78, 5) is 23.3. The van der Waals surface area contributed by atoms with E-state index in [1.807, 2.05) is 0 Å². The fourth-order valence-electron chi connectivity index (χ4n) is 0.812. The number of carboxylic acid groups (broad SMARTS) is 1. The summed E-state index contributed by atoms with van der Waals surface area (Å²) in [5.74, 6) is -1.31. The summed E-state index contributed by atoms with van der Waals surface area (Å²) in [7, 11) is 1.43. The SMILES string of the molecule is CN(C(=O)N[C@@H](CO)C(=O)O)C(C)(C)CO. The Bertz CT molecular complexity index is 267. The summed E-state index contributed by atoms with van der Waals surface area (Å²) in [6.45, 7) is 2.31. The van der Waals surface area contributed by atoms with E-state index in [1.54, 1.807) is 13.8 Å². The molecule has 0 aliphatic carbocycles. The molecule has 0 unspecified atom stereocenters. The van der Waals surface area contributed by atoms with E-state index in [1.165, 1.54) is 11.9 Å². The molecule has 7 nitrogen and oxygen atoms in total. The average Bonchev–Trinajstić information content (AvgIpc) is 2.23. The highest BCUT2D eigenvalue weighted by Gasteiger charge is 2.29. The Labute approximate surface area is 93.7 Å². The number of carbonyl (C=O) groups excluding carboxylic acids is 1. The Morgan fingerprint density at radius 2 is 1.88 bits per heavy atom. The van der Waals surface area contributed by atoms with Gasteiger partial charge in [-0.15, -0.1) is 0 Å². The van der Waals surface area contributed by atoms with Gasteiger partial charge in [-0.2, -0.15) is 0 Å². The van der Waals surface area contributed by atoms with E-state index in [-0.39, 0.29) is 6.61 Å². The van der Waals surface area contributed by atoms with E-state index in [0.717, 1.165) is 0 Å². The van der Waals surface area contributed by atoms with Crippen molar-refractivity contribution in [1.29, 1.82) is 0 Å². The Kier molecular flexibility index (Phi) is 5.19. The van der Waals surface area contributed by atoms with Crippen LogP contribution in [0.15, 0.2) is 0 Å². The van der Waals surface area contributed by atoms with Crippen LogP contribution < -0.4 is 5.32 Å². The summed E-state index contributed by atoms with van der Waals surface area (Å²) >= 11 is 0. The first-order valence-corrected chi connectivity index (χ1v) is 4.75. The number of hydrogen-bond donors (Lipinski definition) is 4. The van der Waals surface area contributed by atoms with Crippen LogP contribution in [-0.2, 0) is 4.79 Å². The van der Waals surface area contributed by atoms with Crippen LogP contribution in [0.2, 0.25) is 0 Å². The molecular formula is C9H18N2O5. The van der Waals surface area contributed by atoms with Crippen LogP contribution in [0.5, 0.6) is 0 Å². The number of aliphatic hydroxyl groups excluding tert-OH is 2. The minimum atomic E-state index is -1.34. The van der Waals surface area contributed by atoms with Crippen molar-refractivity contribution in [1.82, 2.24) is 10.2 Å². The van der Waals surface area contributed by atoms with Gasteiger partial charge >= 0.3 is 12.0 Å². The van der Waals surface area contributed by atoms with Crippen molar-refractivity contribution in [2.75, 3.05) is 20.3 Å². The molecule has 4 N–H and O–H groups in total. The molecule has 16 heavy (non-hydrogen) atoms. The van der Waals surface area contributed by atoms with Gasteiger partial charge in [0, 0.05) is 7.05 Å². The van der Waals surface area contributed by atoms with Gasteiger partial charge in [-0.1, -0.05) is 0 Å². The highest BCUT2D eigenvalue weighted by Crippen LogP contribution is 2.10. The maximum absolute atomic E-state index is 11.6. The van der Waals surface area contributed by atoms with Gasteiger partial charge in [-0.3, -0.25) is 0 Å². The van der Waals surface area contributed by atoms with Gasteiger partial charge in [-0.05, 0) is 13.8 Å². The normalized spacial score (nSPS) is 13.1. The number of hydrogen-bond acceptors (Lipinski definition) is 4. The highest BCUT2D eigenvalue weighted by molar-refractivity contribution is 5.82. The molecule has 0 bridgehead atoms. The van der Waals surface area contributed by atoms with Crippen molar-refractivity contribution in [3.8, 4) is 0 Å². The van der Waals surface area contributed by atoms with E-state index in [9.17, 15) is 9.59 Å². The van der Waals surface area contributed by atoms with Gasteiger partial charge < -0.3 is 25.5 Å². The summed E-state index contributed by atoms with van der Waals surface area (Å²) in [6.07, 6.45) is 0. The Balaban J connectivity index is 4.52. The largest absolute Gasteiger partial charge is 0.480 e. The third kappa shape index (κ3) is 3.67. The molecule has 0 aliphatic rings. The second-order valence-electron chi connectivity index (χ2n) is 4.05. The second kappa shape index (κ2) is 5.66. The molecule has 0 aliphatic heterocycles. The maximum atomic E-state index is 11.6. The molecule has 0 aromatic heterocycles. The zero-order valence-electron chi connectivity index (χ0n) is 9.60. The standard InChI is InChI=1S/C9H18N2O5/c1-9(2,5-13)11(3)8(16)10-6(4-12)7(14)15/h6,12-13H,4-5H2,1-3H3,(H,10,16)(H,14,15)/t6-/m0/s1. The van der Waals surface area contributed by atoms with Crippen molar-refractivity contribution >= 4 is 12.0 Å². The van der Waals surface area contributed by atoms with E-state index < -0.39 is 30.2 Å². The number of nitrogens with one attached hydrogen (secondary N) is 1. The fraction of sp³-hybridized carbons (Fsp3) is 0.778. The molecular weight excluding hydrogens is 216 g/mol. The number of carboxylic acids is 1. The monoisotopic (exact) mass is 234 g/mol. The van der Waals surface area contributed by atoms with Crippen LogP contribution >= 0.6 is 0 Å². The minimum Gasteiger partial charge on any atom is -0.480 e. The number of aliphatic hydroxyl groups is 2. The average molecular weight is 234 g/mol. The van der Waals surface area contributed by atoms with Crippen LogP contribution in [0.25, 0.3) is 0 Å². The summed E-state index contributed by atoms with van der Waals surface area (Å²) < 4.78 is 0. The molecule has 7 heteroatoms. The number of carbonyl (C=O) groups is 2. The van der Waals surface area contributed by atoms with Crippen molar-refractivity contribution in [3.63, 3.8) is 0 Å². The minimum absolute atomic E-state index is 0.256. The number of amides is 2. The molecule has 0 heterocycles. The van der Waals surface area contributed by atoms with E-state index in [2.05, 4.69) is 5.32 Å². The molecule has 0 aromatic carbocycles. The van der Waals surface area contributed by atoms with E-state index >= 15 is 0 Å². The van der Waals surface area contributed by atoms with Crippen molar-refractivity contribution in [3.05, 3.63) is 0 Å². The van der Waals surface area contributed by atoms with Crippen molar-refractivity contribution in [2.24, 2.45) is 0 Å². The molecule has 1 atom stereocenters.